The Labute approximate surface area is 114 Å². The molecule has 5 N–H and O–H groups in total. The number of aryl methyl sites for hydroxylation is 1. The number of hydrazine groups is 1. The maximum Gasteiger partial charge on any atom is 0.301 e. The number of furan rings is 1. The van der Waals surface area contributed by atoms with Crippen LogP contribution in [0.3, 0.4) is 0 Å². The molecular formula is C12H14N4O2S. The highest BCUT2D eigenvalue weighted by Gasteiger charge is 2.14. The van der Waals surface area contributed by atoms with E-state index in [0.717, 1.165) is 10.5 Å². The summed E-state index contributed by atoms with van der Waals surface area (Å²) in [7, 11) is 0. The lowest BCUT2D eigenvalue weighted by molar-refractivity contribution is 0.0923. The first-order valence-corrected chi connectivity index (χ1v) is 6.53. The highest BCUT2D eigenvalue weighted by atomic mass is 32.2. The summed E-state index contributed by atoms with van der Waals surface area (Å²) in [6.45, 7) is 1.79. The predicted octanol–water partition coefficient (Wildman–Crippen LogP) is 1.46. The zero-order chi connectivity index (χ0) is 13.8. The zero-order valence-corrected chi connectivity index (χ0v) is 11.2. The van der Waals surface area contributed by atoms with E-state index >= 15 is 0 Å². The SMILES string of the molecule is Cc1cc(CSc2ccncc2N)oc1C(=O)NN. The maximum absolute atomic E-state index is 11.4. The van der Waals surface area contributed by atoms with Gasteiger partial charge in [0.1, 0.15) is 5.76 Å². The fourth-order valence-electron chi connectivity index (χ4n) is 1.58. The number of amides is 1. The number of carbonyl (C=O) groups excluding carboxylic acids is 1. The Morgan fingerprint density at radius 1 is 1.58 bits per heavy atom. The quantitative estimate of drug-likeness (QED) is 0.338. The minimum atomic E-state index is -0.433. The topological polar surface area (TPSA) is 107 Å². The Morgan fingerprint density at radius 2 is 2.37 bits per heavy atom. The van der Waals surface area contributed by atoms with Crippen LogP contribution < -0.4 is 17.0 Å². The standard InChI is InChI=1S/C12H14N4O2S/c1-7-4-8(18-11(7)12(17)16-14)6-19-10-2-3-15-5-9(10)13/h2-5H,6,13-14H2,1H3,(H,16,17). The molecule has 2 heterocycles. The molecule has 0 saturated heterocycles. The Kier molecular flexibility index (Phi) is 4.08. The molecule has 0 spiro atoms. The normalized spacial score (nSPS) is 10.4. The molecule has 1 amide bonds. The summed E-state index contributed by atoms with van der Waals surface area (Å²) in [5.74, 6) is 6.15. The Bertz CT molecular complexity index is 597. The summed E-state index contributed by atoms with van der Waals surface area (Å²) in [6, 6.07) is 3.65. The van der Waals surface area contributed by atoms with Gasteiger partial charge in [0.2, 0.25) is 0 Å². The lowest BCUT2D eigenvalue weighted by Crippen LogP contribution is -2.30. The van der Waals surface area contributed by atoms with Crippen LogP contribution in [-0.2, 0) is 5.75 Å². The average molecular weight is 278 g/mol. The van der Waals surface area contributed by atoms with Gasteiger partial charge >= 0.3 is 5.91 Å². The molecule has 0 aromatic carbocycles. The number of anilines is 1. The number of pyridine rings is 1. The molecule has 2 rings (SSSR count). The Hall–Kier alpha value is -1.99. The number of hydrogen-bond acceptors (Lipinski definition) is 6. The van der Waals surface area contributed by atoms with E-state index in [1.54, 1.807) is 19.3 Å². The van der Waals surface area contributed by atoms with Gasteiger partial charge in [-0.1, -0.05) is 0 Å². The smallest absolute Gasteiger partial charge is 0.301 e. The summed E-state index contributed by atoms with van der Waals surface area (Å²) in [5, 5.41) is 0. The lowest BCUT2D eigenvalue weighted by Gasteiger charge is -2.02. The Morgan fingerprint density at radius 3 is 3.05 bits per heavy atom. The van der Waals surface area contributed by atoms with Crippen LogP contribution in [0, 0.1) is 6.92 Å². The van der Waals surface area contributed by atoms with Crippen molar-refractivity contribution < 1.29 is 9.21 Å². The van der Waals surface area contributed by atoms with E-state index in [0.29, 0.717) is 17.2 Å². The van der Waals surface area contributed by atoms with Gasteiger partial charge in [0, 0.05) is 16.7 Å². The van der Waals surface area contributed by atoms with E-state index in [1.807, 2.05) is 12.1 Å². The van der Waals surface area contributed by atoms with Gasteiger partial charge < -0.3 is 10.2 Å². The van der Waals surface area contributed by atoms with Crippen molar-refractivity contribution in [3.05, 3.63) is 41.6 Å². The molecule has 0 aliphatic heterocycles. The monoisotopic (exact) mass is 278 g/mol. The van der Waals surface area contributed by atoms with Crippen LogP contribution in [0.2, 0.25) is 0 Å². The van der Waals surface area contributed by atoms with E-state index in [-0.39, 0.29) is 5.76 Å². The highest BCUT2D eigenvalue weighted by molar-refractivity contribution is 7.98. The number of hydrogen-bond donors (Lipinski definition) is 3. The fourth-order valence-corrected chi connectivity index (χ4v) is 2.40. The van der Waals surface area contributed by atoms with Crippen LogP contribution in [0.5, 0.6) is 0 Å². The van der Waals surface area contributed by atoms with Crippen molar-refractivity contribution in [1.82, 2.24) is 10.4 Å². The molecule has 19 heavy (non-hydrogen) atoms. The number of rotatable bonds is 4. The molecule has 0 fully saturated rings. The third-order valence-electron chi connectivity index (χ3n) is 2.49. The highest BCUT2D eigenvalue weighted by Crippen LogP contribution is 2.28. The van der Waals surface area contributed by atoms with Gasteiger partial charge in [-0.25, -0.2) is 5.84 Å². The first-order chi connectivity index (χ1) is 9.11. The second-order valence-electron chi connectivity index (χ2n) is 3.90. The van der Waals surface area contributed by atoms with E-state index in [4.69, 9.17) is 16.0 Å². The number of nitrogens with one attached hydrogen (secondary N) is 1. The van der Waals surface area contributed by atoms with Gasteiger partial charge in [-0.15, -0.1) is 11.8 Å². The van der Waals surface area contributed by atoms with Crippen molar-refractivity contribution >= 4 is 23.4 Å². The number of nitrogens with zero attached hydrogens (tertiary/aromatic N) is 1. The molecule has 2 aromatic heterocycles. The van der Waals surface area contributed by atoms with Gasteiger partial charge in [-0.3, -0.25) is 15.2 Å². The van der Waals surface area contributed by atoms with Gasteiger partial charge in [-0.05, 0) is 19.1 Å². The summed E-state index contributed by atoms with van der Waals surface area (Å²) < 4.78 is 5.46. The molecule has 100 valence electrons. The van der Waals surface area contributed by atoms with Crippen molar-refractivity contribution in [2.75, 3.05) is 5.73 Å². The van der Waals surface area contributed by atoms with Crippen molar-refractivity contribution in [2.24, 2.45) is 5.84 Å². The van der Waals surface area contributed by atoms with Crippen molar-refractivity contribution in [1.29, 1.82) is 0 Å². The number of aromatic nitrogens is 1. The molecule has 0 aliphatic carbocycles. The van der Waals surface area contributed by atoms with Crippen LogP contribution in [0.25, 0.3) is 0 Å². The largest absolute Gasteiger partial charge is 0.455 e. The molecule has 0 unspecified atom stereocenters. The molecule has 6 nitrogen and oxygen atoms in total. The van der Waals surface area contributed by atoms with Gasteiger partial charge in [0.15, 0.2) is 5.76 Å². The molecule has 2 aromatic rings. The summed E-state index contributed by atoms with van der Waals surface area (Å²) in [4.78, 5) is 16.3. The molecule has 0 bridgehead atoms. The van der Waals surface area contributed by atoms with Crippen molar-refractivity contribution in [2.45, 2.75) is 17.6 Å². The molecule has 0 radical (unpaired) electrons. The average Bonchev–Trinajstić information content (AvgIpc) is 2.78. The summed E-state index contributed by atoms with van der Waals surface area (Å²) in [6.07, 6.45) is 3.28. The lowest BCUT2D eigenvalue weighted by atomic mass is 10.2. The number of nitrogen functional groups attached to an aromatic ring is 2. The molecule has 0 saturated carbocycles. The van der Waals surface area contributed by atoms with E-state index in [1.165, 1.54) is 11.8 Å². The number of carbonyl (C=O) groups is 1. The van der Waals surface area contributed by atoms with Crippen molar-refractivity contribution in [3.63, 3.8) is 0 Å². The van der Waals surface area contributed by atoms with Crippen LogP contribution in [-0.4, -0.2) is 10.9 Å². The first-order valence-electron chi connectivity index (χ1n) is 5.54. The predicted molar refractivity (Wildman–Crippen MR) is 73.3 cm³/mol. The summed E-state index contributed by atoms with van der Waals surface area (Å²) in [5.41, 5.74) is 9.22. The second kappa shape index (κ2) is 5.77. The van der Waals surface area contributed by atoms with Crippen LogP contribution >= 0.6 is 11.8 Å². The first kappa shape index (κ1) is 13.4. The second-order valence-corrected chi connectivity index (χ2v) is 4.92. The van der Waals surface area contributed by atoms with Crippen molar-refractivity contribution in [3.8, 4) is 0 Å². The van der Waals surface area contributed by atoms with Gasteiger partial charge in [-0.2, -0.15) is 0 Å². The minimum Gasteiger partial charge on any atom is -0.455 e. The van der Waals surface area contributed by atoms with Crippen LogP contribution in [0.1, 0.15) is 21.9 Å². The Balaban J connectivity index is 2.09. The molecule has 0 aliphatic rings. The van der Waals surface area contributed by atoms with E-state index in [2.05, 4.69) is 10.4 Å². The van der Waals surface area contributed by atoms with Crippen LogP contribution in [0.4, 0.5) is 5.69 Å². The van der Waals surface area contributed by atoms with Crippen LogP contribution in [0.15, 0.2) is 33.8 Å². The molecule has 0 atom stereocenters. The van der Waals surface area contributed by atoms with Gasteiger partial charge in [0.05, 0.1) is 17.6 Å². The number of nitrogens with two attached hydrogens (primary N) is 2. The zero-order valence-electron chi connectivity index (χ0n) is 10.3. The van der Waals surface area contributed by atoms with E-state index < -0.39 is 5.91 Å². The minimum absolute atomic E-state index is 0.237. The fraction of sp³-hybridized carbons (Fsp3) is 0.167. The summed E-state index contributed by atoms with van der Waals surface area (Å²) >= 11 is 1.52. The van der Waals surface area contributed by atoms with Gasteiger partial charge in [0.25, 0.3) is 0 Å². The molecular weight excluding hydrogens is 264 g/mol. The maximum atomic E-state index is 11.4. The third-order valence-corrected chi connectivity index (χ3v) is 3.60. The third kappa shape index (κ3) is 3.07. The van der Waals surface area contributed by atoms with E-state index in [9.17, 15) is 4.79 Å². The number of thioether (sulfide) groups is 1. The molecule has 7 heteroatoms.